The van der Waals surface area contributed by atoms with Crippen LogP contribution >= 0.6 is 0 Å². The van der Waals surface area contributed by atoms with Crippen molar-refractivity contribution < 1.29 is 0 Å². The fourth-order valence-electron chi connectivity index (χ4n) is 2.08. The molecule has 0 fully saturated rings. The topological polar surface area (TPSA) is 61.6 Å². The predicted molar refractivity (Wildman–Crippen MR) is 84.1 cm³/mol. The van der Waals surface area contributed by atoms with Crippen molar-refractivity contribution in [2.45, 2.75) is 40.2 Å². The Morgan fingerprint density at radius 2 is 1.81 bits per heavy atom. The maximum atomic E-state index is 9.26. The number of hydrogen-bond acceptors (Lipinski definition) is 4. The second-order valence-corrected chi connectivity index (χ2v) is 5.50. The highest BCUT2D eigenvalue weighted by molar-refractivity contribution is 5.55. The Morgan fingerprint density at radius 1 is 1.14 bits per heavy atom. The third kappa shape index (κ3) is 3.38. The molecular formula is C17H20N4. The summed E-state index contributed by atoms with van der Waals surface area (Å²) in [7, 11) is 0. The van der Waals surface area contributed by atoms with Crippen LogP contribution in [0.3, 0.4) is 0 Å². The molecule has 0 aliphatic rings. The molecule has 1 aromatic carbocycles. The van der Waals surface area contributed by atoms with E-state index in [0.29, 0.717) is 23.8 Å². The van der Waals surface area contributed by atoms with Crippen LogP contribution in [0.4, 0.5) is 5.82 Å². The Morgan fingerprint density at radius 3 is 2.38 bits per heavy atom. The molecule has 0 amide bonds. The fraction of sp³-hybridized carbons (Fsp3) is 0.353. The molecule has 108 valence electrons. The molecule has 0 bridgehead atoms. The van der Waals surface area contributed by atoms with Gasteiger partial charge in [-0.15, -0.1) is 5.10 Å². The van der Waals surface area contributed by atoms with Crippen LogP contribution in [0.2, 0.25) is 0 Å². The third-order valence-corrected chi connectivity index (χ3v) is 3.67. The van der Waals surface area contributed by atoms with Crippen molar-refractivity contribution in [3.05, 3.63) is 52.2 Å². The lowest BCUT2D eigenvalue weighted by atomic mass is 10.0. The average molecular weight is 280 g/mol. The van der Waals surface area contributed by atoms with Crippen molar-refractivity contribution in [3.63, 3.8) is 0 Å². The van der Waals surface area contributed by atoms with Gasteiger partial charge in [0.15, 0.2) is 5.82 Å². The molecule has 4 heteroatoms. The van der Waals surface area contributed by atoms with Gasteiger partial charge in [0.1, 0.15) is 11.6 Å². The summed E-state index contributed by atoms with van der Waals surface area (Å²) in [4.78, 5) is 0. The molecule has 0 aliphatic carbocycles. The van der Waals surface area contributed by atoms with E-state index in [1.54, 1.807) is 0 Å². The molecule has 0 atom stereocenters. The quantitative estimate of drug-likeness (QED) is 0.927. The van der Waals surface area contributed by atoms with Gasteiger partial charge in [-0.25, -0.2) is 0 Å². The van der Waals surface area contributed by atoms with Crippen LogP contribution in [0, 0.1) is 25.2 Å². The number of nitriles is 1. The molecule has 0 saturated carbocycles. The first-order valence-electron chi connectivity index (χ1n) is 7.09. The summed E-state index contributed by atoms with van der Waals surface area (Å²) in [5.41, 5.74) is 4.72. The molecule has 0 radical (unpaired) electrons. The number of benzene rings is 1. The minimum absolute atomic E-state index is 0.530. The summed E-state index contributed by atoms with van der Waals surface area (Å²) >= 11 is 0. The number of anilines is 1. The highest BCUT2D eigenvalue weighted by Crippen LogP contribution is 2.19. The zero-order chi connectivity index (χ0) is 15.4. The zero-order valence-corrected chi connectivity index (χ0v) is 12.9. The molecule has 2 rings (SSSR count). The highest BCUT2D eigenvalue weighted by atomic mass is 15.2. The summed E-state index contributed by atoms with van der Waals surface area (Å²) in [6, 6.07) is 10.7. The number of aromatic nitrogens is 2. The summed E-state index contributed by atoms with van der Waals surface area (Å²) in [5, 5.41) is 20.6. The van der Waals surface area contributed by atoms with Gasteiger partial charge >= 0.3 is 0 Å². The van der Waals surface area contributed by atoms with E-state index in [1.165, 1.54) is 5.56 Å². The lowest BCUT2D eigenvalue weighted by Gasteiger charge is -2.10. The van der Waals surface area contributed by atoms with Crippen LogP contribution in [-0.2, 0) is 6.54 Å². The first-order valence-corrected chi connectivity index (χ1v) is 7.09. The largest absolute Gasteiger partial charge is 0.363 e. The van der Waals surface area contributed by atoms with Gasteiger partial charge < -0.3 is 5.32 Å². The van der Waals surface area contributed by atoms with Gasteiger partial charge in [0.2, 0.25) is 0 Å². The van der Waals surface area contributed by atoms with Crippen molar-refractivity contribution in [3.8, 4) is 6.07 Å². The molecule has 21 heavy (non-hydrogen) atoms. The number of nitrogens with one attached hydrogen (secondary N) is 1. The molecular weight excluding hydrogens is 260 g/mol. The first-order chi connectivity index (χ1) is 10.0. The summed E-state index contributed by atoms with van der Waals surface area (Å²) in [5.74, 6) is 1.08. The maximum Gasteiger partial charge on any atom is 0.167 e. The summed E-state index contributed by atoms with van der Waals surface area (Å²) in [6.45, 7) is 8.74. The number of hydrogen-bond donors (Lipinski definition) is 1. The van der Waals surface area contributed by atoms with Gasteiger partial charge in [-0.2, -0.15) is 10.4 Å². The van der Waals surface area contributed by atoms with E-state index in [9.17, 15) is 5.26 Å². The van der Waals surface area contributed by atoms with Crippen LogP contribution < -0.4 is 5.32 Å². The molecule has 1 aromatic heterocycles. The molecule has 1 N–H and O–H groups in total. The van der Waals surface area contributed by atoms with Crippen LogP contribution in [0.1, 0.15) is 47.7 Å². The smallest absolute Gasteiger partial charge is 0.167 e. The first kappa shape index (κ1) is 15.0. The maximum absolute atomic E-state index is 9.26. The lowest BCUT2D eigenvalue weighted by Crippen LogP contribution is -2.07. The van der Waals surface area contributed by atoms with E-state index in [4.69, 9.17) is 0 Å². The molecule has 4 nitrogen and oxygen atoms in total. The van der Waals surface area contributed by atoms with Gasteiger partial charge in [-0.05, 0) is 36.5 Å². The van der Waals surface area contributed by atoms with Crippen LogP contribution in [0.25, 0.3) is 0 Å². The van der Waals surface area contributed by atoms with E-state index in [0.717, 1.165) is 16.8 Å². The Hall–Kier alpha value is -2.41. The monoisotopic (exact) mass is 280 g/mol. The van der Waals surface area contributed by atoms with Crippen molar-refractivity contribution in [2.24, 2.45) is 0 Å². The van der Waals surface area contributed by atoms with Gasteiger partial charge in [-0.3, -0.25) is 0 Å². The van der Waals surface area contributed by atoms with E-state index >= 15 is 0 Å². The normalized spacial score (nSPS) is 10.5. The van der Waals surface area contributed by atoms with Crippen molar-refractivity contribution >= 4 is 5.82 Å². The lowest BCUT2D eigenvalue weighted by molar-refractivity contribution is 0.865. The van der Waals surface area contributed by atoms with Gasteiger partial charge in [0.25, 0.3) is 0 Å². The standard InChI is InChI=1S/C17H20N4/c1-11(2)15-7-5-14(6-8-15)10-19-17-16(9-18)12(3)13(4)20-21-17/h5-8,11H,10H2,1-4H3,(H,19,21). The fourth-order valence-corrected chi connectivity index (χ4v) is 2.08. The molecule has 0 unspecified atom stereocenters. The van der Waals surface area contributed by atoms with Crippen LogP contribution in [-0.4, -0.2) is 10.2 Å². The van der Waals surface area contributed by atoms with E-state index in [1.807, 2.05) is 13.8 Å². The Labute approximate surface area is 125 Å². The van der Waals surface area contributed by atoms with Gasteiger partial charge in [-0.1, -0.05) is 38.1 Å². The molecule has 2 aromatic rings. The SMILES string of the molecule is Cc1nnc(NCc2ccc(C(C)C)cc2)c(C#N)c1C. The molecule has 0 saturated heterocycles. The Balaban J connectivity index is 2.13. The van der Waals surface area contributed by atoms with Crippen molar-refractivity contribution in [1.82, 2.24) is 10.2 Å². The molecule has 0 aliphatic heterocycles. The second-order valence-electron chi connectivity index (χ2n) is 5.50. The van der Waals surface area contributed by atoms with Crippen molar-refractivity contribution in [1.29, 1.82) is 5.26 Å². The molecule has 0 spiro atoms. The number of nitrogens with zero attached hydrogens (tertiary/aromatic N) is 3. The van der Waals surface area contributed by atoms with E-state index in [-0.39, 0.29) is 0 Å². The van der Waals surface area contributed by atoms with Crippen LogP contribution in [0.15, 0.2) is 24.3 Å². The Kier molecular flexibility index (Phi) is 4.54. The third-order valence-electron chi connectivity index (χ3n) is 3.67. The molecule has 1 heterocycles. The van der Waals surface area contributed by atoms with Gasteiger partial charge in [0.05, 0.1) is 5.69 Å². The van der Waals surface area contributed by atoms with E-state index in [2.05, 4.69) is 59.7 Å². The average Bonchev–Trinajstić information content (AvgIpc) is 2.49. The summed E-state index contributed by atoms with van der Waals surface area (Å²) < 4.78 is 0. The van der Waals surface area contributed by atoms with Crippen LogP contribution in [0.5, 0.6) is 0 Å². The number of rotatable bonds is 4. The summed E-state index contributed by atoms with van der Waals surface area (Å²) in [6.07, 6.45) is 0. The second kappa shape index (κ2) is 6.36. The highest BCUT2D eigenvalue weighted by Gasteiger charge is 2.10. The van der Waals surface area contributed by atoms with E-state index < -0.39 is 0 Å². The van der Waals surface area contributed by atoms with Gasteiger partial charge in [0, 0.05) is 6.54 Å². The zero-order valence-electron chi connectivity index (χ0n) is 12.9. The minimum Gasteiger partial charge on any atom is -0.363 e. The minimum atomic E-state index is 0.530. The number of aryl methyl sites for hydroxylation is 1. The predicted octanol–water partition coefficient (Wildman–Crippen LogP) is 3.70. The Bertz CT molecular complexity index is 666. The van der Waals surface area contributed by atoms with Crippen molar-refractivity contribution in [2.75, 3.05) is 5.32 Å².